The summed E-state index contributed by atoms with van der Waals surface area (Å²) < 4.78 is 6.86. The first-order valence-electron chi connectivity index (χ1n) is 9.82. The zero-order chi connectivity index (χ0) is 21.3. The Kier molecular flexibility index (Phi) is 7.16. The minimum atomic E-state index is -0.580. The number of benzene rings is 2. The Bertz CT molecular complexity index is 1010. The van der Waals surface area contributed by atoms with Gasteiger partial charge in [0.1, 0.15) is 0 Å². The van der Waals surface area contributed by atoms with Gasteiger partial charge in [-0.25, -0.2) is 4.79 Å². The quantitative estimate of drug-likeness (QED) is 0.460. The van der Waals surface area contributed by atoms with Gasteiger partial charge in [0.15, 0.2) is 6.61 Å². The molecule has 0 bridgehead atoms. The van der Waals surface area contributed by atoms with Crippen LogP contribution in [0.25, 0.3) is 17.3 Å². The molecule has 1 N–H and O–H groups in total. The molecule has 30 heavy (non-hydrogen) atoms. The van der Waals surface area contributed by atoms with Crippen LogP contribution in [0.4, 0.5) is 0 Å². The third kappa shape index (κ3) is 6.17. The van der Waals surface area contributed by atoms with Gasteiger partial charge in [-0.05, 0) is 25.5 Å². The standard InChI is InChI=1S/C24H25N3O3/c1-18(2)25-22(28)17-30-23(29)14-13-21-16-27(15-19-9-5-3-6-10-19)26-24(21)20-11-7-4-8-12-20/h3-14,16,18H,15,17H2,1-2H3,(H,25,28)/b14-13+. The molecule has 0 aliphatic rings. The van der Waals surface area contributed by atoms with Crippen molar-refractivity contribution >= 4 is 18.0 Å². The Hall–Kier alpha value is -3.67. The van der Waals surface area contributed by atoms with Crippen LogP contribution in [0.3, 0.4) is 0 Å². The topological polar surface area (TPSA) is 73.2 Å². The van der Waals surface area contributed by atoms with E-state index in [0.29, 0.717) is 6.54 Å². The van der Waals surface area contributed by atoms with Crippen LogP contribution in [0, 0.1) is 0 Å². The monoisotopic (exact) mass is 403 g/mol. The zero-order valence-corrected chi connectivity index (χ0v) is 17.1. The summed E-state index contributed by atoms with van der Waals surface area (Å²) in [5.41, 5.74) is 3.65. The zero-order valence-electron chi connectivity index (χ0n) is 17.1. The molecule has 6 nitrogen and oxygen atoms in total. The van der Waals surface area contributed by atoms with Crippen molar-refractivity contribution in [3.05, 3.63) is 84.1 Å². The average Bonchev–Trinajstić information content (AvgIpc) is 3.14. The second kappa shape index (κ2) is 10.2. The summed E-state index contributed by atoms with van der Waals surface area (Å²) in [5.74, 6) is -0.906. The number of carbonyl (C=O) groups is 2. The van der Waals surface area contributed by atoms with Crippen LogP contribution in [0.1, 0.15) is 25.0 Å². The number of aromatic nitrogens is 2. The van der Waals surface area contributed by atoms with E-state index in [9.17, 15) is 9.59 Å². The third-order valence-corrected chi connectivity index (χ3v) is 4.22. The maximum absolute atomic E-state index is 12.0. The summed E-state index contributed by atoms with van der Waals surface area (Å²) >= 11 is 0. The molecule has 0 atom stereocenters. The summed E-state index contributed by atoms with van der Waals surface area (Å²) in [5, 5.41) is 7.39. The molecule has 0 aliphatic carbocycles. The van der Waals surface area contributed by atoms with Gasteiger partial charge in [0, 0.05) is 29.4 Å². The van der Waals surface area contributed by atoms with Gasteiger partial charge in [0.2, 0.25) is 0 Å². The van der Waals surface area contributed by atoms with Crippen LogP contribution < -0.4 is 5.32 Å². The minimum Gasteiger partial charge on any atom is -0.452 e. The number of rotatable bonds is 8. The highest BCUT2D eigenvalue weighted by Crippen LogP contribution is 2.23. The molecule has 3 aromatic rings. The van der Waals surface area contributed by atoms with E-state index in [1.54, 1.807) is 6.08 Å². The average molecular weight is 403 g/mol. The van der Waals surface area contributed by atoms with Crippen molar-refractivity contribution in [2.45, 2.75) is 26.4 Å². The highest BCUT2D eigenvalue weighted by Gasteiger charge is 2.11. The molecule has 0 spiro atoms. The van der Waals surface area contributed by atoms with Gasteiger partial charge in [0.05, 0.1) is 12.2 Å². The molecule has 0 fully saturated rings. The van der Waals surface area contributed by atoms with Gasteiger partial charge in [-0.1, -0.05) is 60.7 Å². The first-order chi connectivity index (χ1) is 14.5. The van der Waals surface area contributed by atoms with Crippen LogP contribution in [-0.2, 0) is 20.9 Å². The smallest absolute Gasteiger partial charge is 0.331 e. The van der Waals surface area contributed by atoms with Crippen molar-refractivity contribution in [1.82, 2.24) is 15.1 Å². The lowest BCUT2D eigenvalue weighted by Crippen LogP contribution is -2.33. The Labute approximate surface area is 176 Å². The van der Waals surface area contributed by atoms with Crippen molar-refractivity contribution in [2.75, 3.05) is 6.61 Å². The highest BCUT2D eigenvalue weighted by atomic mass is 16.5. The second-order valence-corrected chi connectivity index (χ2v) is 7.15. The predicted molar refractivity (Wildman–Crippen MR) is 116 cm³/mol. The fourth-order valence-corrected chi connectivity index (χ4v) is 2.94. The minimum absolute atomic E-state index is 0.00405. The Morgan fingerprint density at radius 1 is 1.07 bits per heavy atom. The Morgan fingerprint density at radius 3 is 2.40 bits per heavy atom. The number of nitrogens with one attached hydrogen (secondary N) is 1. The first kappa shape index (κ1) is 21.0. The van der Waals surface area contributed by atoms with E-state index in [1.807, 2.05) is 85.4 Å². The van der Waals surface area contributed by atoms with E-state index in [0.717, 1.165) is 22.4 Å². The number of esters is 1. The van der Waals surface area contributed by atoms with Crippen molar-refractivity contribution in [1.29, 1.82) is 0 Å². The highest BCUT2D eigenvalue weighted by molar-refractivity contribution is 5.90. The SMILES string of the molecule is CC(C)NC(=O)COC(=O)/C=C/c1cn(Cc2ccccc2)nc1-c1ccccc1. The van der Waals surface area contributed by atoms with Crippen LogP contribution in [-0.4, -0.2) is 34.3 Å². The molecule has 1 amide bonds. The van der Waals surface area contributed by atoms with Gasteiger partial charge >= 0.3 is 5.97 Å². The van der Waals surface area contributed by atoms with Crippen molar-refractivity contribution in [2.24, 2.45) is 0 Å². The largest absolute Gasteiger partial charge is 0.452 e. The van der Waals surface area contributed by atoms with E-state index in [4.69, 9.17) is 9.84 Å². The van der Waals surface area contributed by atoms with Gasteiger partial charge in [0.25, 0.3) is 5.91 Å². The van der Waals surface area contributed by atoms with E-state index in [2.05, 4.69) is 5.32 Å². The molecule has 6 heteroatoms. The van der Waals surface area contributed by atoms with Crippen LogP contribution in [0.2, 0.25) is 0 Å². The van der Waals surface area contributed by atoms with Gasteiger partial charge < -0.3 is 10.1 Å². The molecule has 1 heterocycles. The summed E-state index contributed by atoms with van der Waals surface area (Å²) in [6.07, 6.45) is 4.88. The summed E-state index contributed by atoms with van der Waals surface area (Å²) in [6.45, 7) is 4.00. The van der Waals surface area contributed by atoms with E-state index in [1.165, 1.54) is 6.08 Å². The summed E-state index contributed by atoms with van der Waals surface area (Å²) in [4.78, 5) is 23.7. The van der Waals surface area contributed by atoms with Crippen LogP contribution in [0.5, 0.6) is 0 Å². The number of hydrogen-bond donors (Lipinski definition) is 1. The number of ether oxygens (including phenoxy) is 1. The fraction of sp³-hybridized carbons (Fsp3) is 0.208. The van der Waals surface area contributed by atoms with E-state index in [-0.39, 0.29) is 18.6 Å². The van der Waals surface area contributed by atoms with Crippen molar-refractivity contribution < 1.29 is 14.3 Å². The molecule has 0 aliphatic heterocycles. The predicted octanol–water partition coefficient (Wildman–Crippen LogP) is 3.68. The number of amides is 1. The summed E-state index contributed by atoms with van der Waals surface area (Å²) in [7, 11) is 0. The molecule has 0 saturated heterocycles. The summed E-state index contributed by atoms with van der Waals surface area (Å²) in [6, 6.07) is 19.8. The number of carbonyl (C=O) groups excluding carboxylic acids is 2. The number of hydrogen-bond acceptors (Lipinski definition) is 4. The molecule has 0 unspecified atom stereocenters. The van der Waals surface area contributed by atoms with Gasteiger partial charge in [-0.2, -0.15) is 5.10 Å². The second-order valence-electron chi connectivity index (χ2n) is 7.15. The molecule has 1 aromatic heterocycles. The molecular weight excluding hydrogens is 378 g/mol. The maximum atomic E-state index is 12.0. The van der Waals surface area contributed by atoms with E-state index >= 15 is 0 Å². The van der Waals surface area contributed by atoms with Gasteiger partial charge in [-0.15, -0.1) is 0 Å². The first-order valence-corrected chi connectivity index (χ1v) is 9.82. The molecule has 3 rings (SSSR count). The lowest BCUT2D eigenvalue weighted by Gasteiger charge is -2.07. The fourth-order valence-electron chi connectivity index (χ4n) is 2.94. The van der Waals surface area contributed by atoms with E-state index < -0.39 is 5.97 Å². The van der Waals surface area contributed by atoms with Crippen LogP contribution in [0.15, 0.2) is 72.9 Å². The van der Waals surface area contributed by atoms with Crippen LogP contribution >= 0.6 is 0 Å². The van der Waals surface area contributed by atoms with Gasteiger partial charge in [-0.3, -0.25) is 9.48 Å². The normalized spacial score (nSPS) is 11.0. The molecule has 154 valence electrons. The van der Waals surface area contributed by atoms with Crippen molar-refractivity contribution in [3.63, 3.8) is 0 Å². The third-order valence-electron chi connectivity index (χ3n) is 4.22. The lowest BCUT2D eigenvalue weighted by atomic mass is 10.1. The Morgan fingerprint density at radius 2 is 1.73 bits per heavy atom. The molecule has 0 radical (unpaired) electrons. The molecule has 2 aromatic carbocycles. The molecule has 0 saturated carbocycles. The molecular formula is C24H25N3O3. The lowest BCUT2D eigenvalue weighted by molar-refractivity contribution is -0.143. The number of nitrogens with zero attached hydrogens (tertiary/aromatic N) is 2. The van der Waals surface area contributed by atoms with Crippen molar-refractivity contribution in [3.8, 4) is 11.3 Å². The Balaban J connectivity index is 1.76. The maximum Gasteiger partial charge on any atom is 0.331 e.